The van der Waals surface area contributed by atoms with Crippen LogP contribution in [-0.4, -0.2) is 34.9 Å². The maximum atomic E-state index is 13.6. The first-order valence-electron chi connectivity index (χ1n) is 8.40. The van der Waals surface area contributed by atoms with Gasteiger partial charge in [0.25, 0.3) is 5.91 Å². The molecule has 2 aromatic rings. The summed E-state index contributed by atoms with van der Waals surface area (Å²) >= 11 is 0. The molecule has 3 N–H and O–H groups in total. The molecule has 1 aliphatic heterocycles. The molecule has 136 valence electrons. The Morgan fingerprint density at radius 3 is 2.58 bits per heavy atom. The molecule has 0 radical (unpaired) electrons. The number of nitrogens with zero attached hydrogens (tertiary/aromatic N) is 3. The molecule has 1 aromatic carbocycles. The highest BCUT2D eigenvalue weighted by molar-refractivity contribution is 6.06. The fourth-order valence-corrected chi connectivity index (χ4v) is 3.13. The number of rotatable bonds is 4. The first kappa shape index (κ1) is 17.9. The molecule has 1 aliphatic rings. The second kappa shape index (κ2) is 7.57. The predicted molar refractivity (Wildman–Crippen MR) is 94.4 cm³/mol. The molecule has 0 saturated carbocycles. The number of hydrogen-bond donors (Lipinski definition) is 2. The number of halogens is 1. The van der Waals surface area contributed by atoms with E-state index >= 15 is 0 Å². The lowest BCUT2D eigenvalue weighted by molar-refractivity contribution is -0.122. The Kier molecular flexibility index (Phi) is 5.22. The minimum atomic E-state index is -0.782. The number of hydrogen-bond acceptors (Lipinski definition) is 5. The number of nitrogens with two attached hydrogens (primary N) is 1. The minimum Gasteiger partial charge on any atom is -0.364 e. The van der Waals surface area contributed by atoms with Crippen molar-refractivity contribution in [3.63, 3.8) is 0 Å². The molecule has 1 fully saturated rings. The molecule has 2 amide bonds. The Labute approximate surface area is 150 Å². The Bertz CT molecular complexity index is 836. The van der Waals surface area contributed by atoms with Crippen LogP contribution in [0.5, 0.6) is 0 Å². The zero-order valence-electron chi connectivity index (χ0n) is 14.4. The number of carbonyl (C=O) groups is 2. The normalized spacial score (nSPS) is 14.8. The third-order valence-electron chi connectivity index (χ3n) is 4.43. The standard InChI is InChI=1S/C18H20FN5O2/c1-11-10-13(19)2-3-14(11)24(18(26)12-4-6-21-7-5-12)17-15(16(20)25)22-8-9-23-17/h2-3,8-10,12,21H,4-7H2,1H3,(H2,20,25). The van der Waals surface area contributed by atoms with Crippen molar-refractivity contribution < 1.29 is 14.0 Å². The molecule has 0 unspecified atom stereocenters. The average Bonchev–Trinajstić information content (AvgIpc) is 2.64. The number of nitrogens with one attached hydrogen (secondary N) is 1. The molecule has 0 bridgehead atoms. The molecule has 1 saturated heterocycles. The van der Waals surface area contributed by atoms with Gasteiger partial charge in [0, 0.05) is 18.3 Å². The Morgan fingerprint density at radius 1 is 1.23 bits per heavy atom. The quantitative estimate of drug-likeness (QED) is 0.867. The van der Waals surface area contributed by atoms with Crippen molar-refractivity contribution in [2.45, 2.75) is 19.8 Å². The fraction of sp³-hybridized carbons (Fsp3) is 0.333. The van der Waals surface area contributed by atoms with Crippen LogP contribution in [0.4, 0.5) is 15.9 Å². The van der Waals surface area contributed by atoms with Crippen LogP contribution in [0.25, 0.3) is 0 Å². The molecule has 26 heavy (non-hydrogen) atoms. The van der Waals surface area contributed by atoms with Gasteiger partial charge in [0.1, 0.15) is 5.82 Å². The van der Waals surface area contributed by atoms with E-state index in [9.17, 15) is 14.0 Å². The van der Waals surface area contributed by atoms with E-state index in [4.69, 9.17) is 5.73 Å². The molecular weight excluding hydrogens is 337 g/mol. The van der Waals surface area contributed by atoms with E-state index in [2.05, 4.69) is 15.3 Å². The maximum Gasteiger partial charge on any atom is 0.271 e. The van der Waals surface area contributed by atoms with Gasteiger partial charge in [-0.25, -0.2) is 14.4 Å². The van der Waals surface area contributed by atoms with Gasteiger partial charge in [0.2, 0.25) is 5.91 Å². The molecule has 0 atom stereocenters. The van der Waals surface area contributed by atoms with E-state index < -0.39 is 11.7 Å². The number of aromatic nitrogens is 2. The van der Waals surface area contributed by atoms with E-state index in [0.29, 0.717) is 24.1 Å². The lowest BCUT2D eigenvalue weighted by Gasteiger charge is -2.30. The van der Waals surface area contributed by atoms with Crippen molar-refractivity contribution in [1.82, 2.24) is 15.3 Å². The highest BCUT2D eigenvalue weighted by Crippen LogP contribution is 2.32. The van der Waals surface area contributed by atoms with Gasteiger partial charge in [-0.2, -0.15) is 0 Å². The van der Waals surface area contributed by atoms with Crippen molar-refractivity contribution in [3.8, 4) is 0 Å². The van der Waals surface area contributed by atoms with Crippen LogP contribution in [0.15, 0.2) is 30.6 Å². The van der Waals surface area contributed by atoms with E-state index in [1.165, 1.54) is 35.5 Å². The van der Waals surface area contributed by atoms with Crippen LogP contribution < -0.4 is 16.0 Å². The summed E-state index contributed by atoms with van der Waals surface area (Å²) in [5.74, 6) is -1.56. The zero-order valence-corrected chi connectivity index (χ0v) is 14.4. The monoisotopic (exact) mass is 357 g/mol. The second-order valence-electron chi connectivity index (χ2n) is 6.22. The van der Waals surface area contributed by atoms with Crippen molar-refractivity contribution >= 4 is 23.3 Å². The van der Waals surface area contributed by atoms with Crippen molar-refractivity contribution in [3.05, 3.63) is 47.7 Å². The number of anilines is 2. The number of aryl methyl sites for hydroxylation is 1. The van der Waals surface area contributed by atoms with Crippen LogP contribution >= 0.6 is 0 Å². The fourth-order valence-electron chi connectivity index (χ4n) is 3.13. The molecule has 2 heterocycles. The number of amides is 2. The number of carbonyl (C=O) groups excluding carboxylic acids is 2. The van der Waals surface area contributed by atoms with E-state index in [1.807, 2.05) is 0 Å². The van der Waals surface area contributed by atoms with Crippen LogP contribution in [0.1, 0.15) is 28.9 Å². The van der Waals surface area contributed by atoms with Crippen LogP contribution in [-0.2, 0) is 4.79 Å². The zero-order chi connectivity index (χ0) is 18.7. The van der Waals surface area contributed by atoms with Gasteiger partial charge < -0.3 is 11.1 Å². The topological polar surface area (TPSA) is 101 Å². The summed E-state index contributed by atoms with van der Waals surface area (Å²) in [5, 5.41) is 3.21. The first-order valence-corrected chi connectivity index (χ1v) is 8.40. The molecule has 7 nitrogen and oxygen atoms in total. The Balaban J connectivity index is 2.13. The Hall–Kier alpha value is -2.87. The Morgan fingerprint density at radius 2 is 1.92 bits per heavy atom. The SMILES string of the molecule is Cc1cc(F)ccc1N(C(=O)C1CCNCC1)c1nccnc1C(N)=O. The predicted octanol–water partition coefficient (Wildman–Crippen LogP) is 1.69. The summed E-state index contributed by atoms with van der Waals surface area (Å²) in [5.41, 5.74) is 6.33. The second-order valence-corrected chi connectivity index (χ2v) is 6.22. The van der Waals surface area contributed by atoms with E-state index in [0.717, 1.165) is 13.1 Å². The third-order valence-corrected chi connectivity index (χ3v) is 4.43. The smallest absolute Gasteiger partial charge is 0.271 e. The molecule has 1 aromatic heterocycles. The minimum absolute atomic E-state index is 0.0678. The maximum absolute atomic E-state index is 13.6. The van der Waals surface area contributed by atoms with Gasteiger partial charge in [-0.05, 0) is 56.6 Å². The van der Waals surface area contributed by atoms with Gasteiger partial charge in [0.05, 0.1) is 5.69 Å². The van der Waals surface area contributed by atoms with Gasteiger partial charge in [-0.15, -0.1) is 0 Å². The van der Waals surface area contributed by atoms with Crippen LogP contribution in [0.3, 0.4) is 0 Å². The van der Waals surface area contributed by atoms with Crippen LogP contribution in [0, 0.1) is 18.7 Å². The largest absolute Gasteiger partial charge is 0.364 e. The lowest BCUT2D eigenvalue weighted by atomic mass is 9.95. The number of piperidine rings is 1. The highest BCUT2D eigenvalue weighted by atomic mass is 19.1. The summed E-state index contributed by atoms with van der Waals surface area (Å²) in [6, 6.07) is 4.10. The molecule has 0 aliphatic carbocycles. The molecule has 3 rings (SSSR count). The number of benzene rings is 1. The third kappa shape index (κ3) is 3.55. The van der Waals surface area contributed by atoms with Crippen molar-refractivity contribution in [2.24, 2.45) is 11.7 Å². The lowest BCUT2D eigenvalue weighted by Crippen LogP contribution is -2.40. The van der Waals surface area contributed by atoms with Gasteiger partial charge >= 0.3 is 0 Å². The average molecular weight is 357 g/mol. The van der Waals surface area contributed by atoms with Crippen molar-refractivity contribution in [2.75, 3.05) is 18.0 Å². The van der Waals surface area contributed by atoms with E-state index in [1.54, 1.807) is 6.92 Å². The van der Waals surface area contributed by atoms with Gasteiger partial charge in [0.15, 0.2) is 11.5 Å². The van der Waals surface area contributed by atoms with Gasteiger partial charge in [-0.1, -0.05) is 0 Å². The molecule has 8 heteroatoms. The molecular formula is C18H20FN5O2. The summed E-state index contributed by atoms with van der Waals surface area (Å²) in [6.07, 6.45) is 4.07. The van der Waals surface area contributed by atoms with E-state index in [-0.39, 0.29) is 23.3 Å². The summed E-state index contributed by atoms with van der Waals surface area (Å²) < 4.78 is 13.6. The van der Waals surface area contributed by atoms with Crippen LogP contribution in [0.2, 0.25) is 0 Å². The summed E-state index contributed by atoms with van der Waals surface area (Å²) in [7, 11) is 0. The van der Waals surface area contributed by atoms with Gasteiger partial charge in [-0.3, -0.25) is 14.5 Å². The highest BCUT2D eigenvalue weighted by Gasteiger charge is 2.32. The summed E-state index contributed by atoms with van der Waals surface area (Å²) in [4.78, 5) is 34.6. The number of primary amides is 1. The summed E-state index contributed by atoms with van der Waals surface area (Å²) in [6.45, 7) is 3.16. The van der Waals surface area contributed by atoms with Crippen molar-refractivity contribution in [1.29, 1.82) is 0 Å². The molecule has 0 spiro atoms. The first-order chi connectivity index (χ1) is 12.5.